The van der Waals surface area contributed by atoms with E-state index < -0.39 is 0 Å². The molecule has 0 saturated carbocycles. The topological polar surface area (TPSA) is 46.2 Å². The highest BCUT2D eigenvalue weighted by atomic mass is 16.5. The minimum atomic E-state index is 0.219. The predicted octanol–water partition coefficient (Wildman–Crippen LogP) is 1.51. The second kappa shape index (κ2) is 5.98. The largest absolute Gasteiger partial charge is 0.384 e. The Morgan fingerprint density at radius 2 is 2.29 bits per heavy atom. The van der Waals surface area contributed by atoms with Gasteiger partial charge >= 0.3 is 0 Å². The van der Waals surface area contributed by atoms with Crippen LogP contribution in [0.25, 0.3) is 0 Å². The average Bonchev–Trinajstić information content (AvgIpc) is 2.39. The van der Waals surface area contributed by atoms with Gasteiger partial charge in [-0.1, -0.05) is 0 Å². The standard InChI is InChI=1S/C13H21N3O/c1-17-11-13(5-2-6-15-9-13)10-16-12-3-7-14-8-4-12/h3-4,7-8,15H,2,5-6,9-11H2,1H3,(H,14,16). The molecule has 1 saturated heterocycles. The van der Waals surface area contributed by atoms with Crippen molar-refractivity contribution in [3.8, 4) is 0 Å². The number of hydrogen-bond donors (Lipinski definition) is 2. The Kier molecular flexibility index (Phi) is 4.34. The van der Waals surface area contributed by atoms with Crippen LogP contribution < -0.4 is 10.6 Å². The van der Waals surface area contributed by atoms with Gasteiger partial charge in [0.1, 0.15) is 0 Å². The maximum absolute atomic E-state index is 5.38. The van der Waals surface area contributed by atoms with Gasteiger partial charge in [0, 0.05) is 43.7 Å². The van der Waals surface area contributed by atoms with E-state index in [4.69, 9.17) is 4.74 Å². The molecule has 17 heavy (non-hydrogen) atoms. The Labute approximate surface area is 103 Å². The molecule has 2 rings (SSSR count). The van der Waals surface area contributed by atoms with Crippen LogP contribution in [0.1, 0.15) is 12.8 Å². The molecular formula is C13H21N3O. The molecule has 0 radical (unpaired) electrons. The van der Waals surface area contributed by atoms with E-state index in [1.165, 1.54) is 12.8 Å². The summed E-state index contributed by atoms with van der Waals surface area (Å²) in [6, 6.07) is 3.99. The first-order valence-electron chi connectivity index (χ1n) is 6.18. The lowest BCUT2D eigenvalue weighted by Crippen LogP contribution is -2.47. The molecule has 0 amide bonds. The summed E-state index contributed by atoms with van der Waals surface area (Å²) in [5.74, 6) is 0. The fraction of sp³-hybridized carbons (Fsp3) is 0.615. The summed E-state index contributed by atoms with van der Waals surface area (Å²) in [5.41, 5.74) is 1.34. The molecule has 4 nitrogen and oxygen atoms in total. The SMILES string of the molecule is COCC1(CNc2ccncc2)CCCNC1. The number of pyridine rings is 1. The maximum Gasteiger partial charge on any atom is 0.0547 e. The smallest absolute Gasteiger partial charge is 0.0547 e. The van der Waals surface area contributed by atoms with Crippen LogP contribution in [0.3, 0.4) is 0 Å². The van der Waals surface area contributed by atoms with Gasteiger partial charge in [0.25, 0.3) is 0 Å². The maximum atomic E-state index is 5.38. The Balaban J connectivity index is 1.93. The number of methoxy groups -OCH3 is 1. The molecule has 2 N–H and O–H groups in total. The highest BCUT2D eigenvalue weighted by Gasteiger charge is 2.31. The molecule has 1 aromatic rings. The molecular weight excluding hydrogens is 214 g/mol. The van der Waals surface area contributed by atoms with Gasteiger partial charge in [0.05, 0.1) is 6.61 Å². The number of hydrogen-bond acceptors (Lipinski definition) is 4. The molecule has 0 aliphatic carbocycles. The summed E-state index contributed by atoms with van der Waals surface area (Å²) in [6.45, 7) is 3.90. The van der Waals surface area contributed by atoms with Crippen molar-refractivity contribution >= 4 is 5.69 Å². The molecule has 0 bridgehead atoms. The minimum absolute atomic E-state index is 0.219. The van der Waals surface area contributed by atoms with Gasteiger partial charge in [-0.3, -0.25) is 4.98 Å². The van der Waals surface area contributed by atoms with E-state index >= 15 is 0 Å². The molecule has 1 fully saturated rings. The van der Waals surface area contributed by atoms with E-state index in [9.17, 15) is 0 Å². The highest BCUT2D eigenvalue weighted by Crippen LogP contribution is 2.27. The van der Waals surface area contributed by atoms with Crippen molar-refractivity contribution in [2.75, 3.05) is 38.7 Å². The van der Waals surface area contributed by atoms with Gasteiger partial charge < -0.3 is 15.4 Å². The first kappa shape index (κ1) is 12.3. The first-order chi connectivity index (χ1) is 8.35. The molecule has 1 unspecified atom stereocenters. The fourth-order valence-electron chi connectivity index (χ4n) is 2.42. The lowest BCUT2D eigenvalue weighted by atomic mass is 9.81. The van der Waals surface area contributed by atoms with Crippen molar-refractivity contribution in [1.82, 2.24) is 10.3 Å². The molecule has 0 spiro atoms. The number of ether oxygens (including phenoxy) is 1. The van der Waals surface area contributed by atoms with Crippen LogP contribution in [0, 0.1) is 5.41 Å². The fourth-order valence-corrected chi connectivity index (χ4v) is 2.42. The van der Waals surface area contributed by atoms with Crippen LogP contribution in [-0.2, 0) is 4.74 Å². The van der Waals surface area contributed by atoms with E-state index in [1.54, 1.807) is 7.11 Å². The first-order valence-corrected chi connectivity index (χ1v) is 6.18. The molecule has 4 heteroatoms. The molecule has 1 atom stereocenters. The van der Waals surface area contributed by atoms with Crippen molar-refractivity contribution in [1.29, 1.82) is 0 Å². The molecule has 94 valence electrons. The van der Waals surface area contributed by atoms with Crippen molar-refractivity contribution in [3.63, 3.8) is 0 Å². The lowest BCUT2D eigenvalue weighted by Gasteiger charge is -2.37. The van der Waals surface area contributed by atoms with Gasteiger partial charge in [-0.05, 0) is 31.5 Å². The van der Waals surface area contributed by atoms with Crippen LogP contribution in [-0.4, -0.2) is 38.3 Å². The quantitative estimate of drug-likeness (QED) is 0.812. The molecule has 1 aliphatic heterocycles. The lowest BCUT2D eigenvalue weighted by molar-refractivity contribution is 0.0679. The number of anilines is 1. The van der Waals surface area contributed by atoms with Crippen molar-refractivity contribution in [2.45, 2.75) is 12.8 Å². The Hall–Kier alpha value is -1.13. The highest BCUT2D eigenvalue weighted by molar-refractivity contribution is 5.41. The average molecular weight is 235 g/mol. The van der Waals surface area contributed by atoms with E-state index in [2.05, 4.69) is 15.6 Å². The molecule has 0 aromatic carbocycles. The Bertz CT molecular complexity index is 317. The third-order valence-electron chi connectivity index (χ3n) is 3.36. The predicted molar refractivity (Wildman–Crippen MR) is 69.1 cm³/mol. The molecule has 2 heterocycles. The minimum Gasteiger partial charge on any atom is -0.384 e. The van der Waals surface area contributed by atoms with Crippen LogP contribution in [0.5, 0.6) is 0 Å². The van der Waals surface area contributed by atoms with Crippen LogP contribution in [0.15, 0.2) is 24.5 Å². The third kappa shape index (κ3) is 3.41. The van der Waals surface area contributed by atoms with Crippen molar-refractivity contribution in [3.05, 3.63) is 24.5 Å². The second-order valence-electron chi connectivity index (χ2n) is 4.80. The van der Waals surface area contributed by atoms with E-state index in [1.807, 2.05) is 24.5 Å². The third-order valence-corrected chi connectivity index (χ3v) is 3.36. The monoisotopic (exact) mass is 235 g/mol. The van der Waals surface area contributed by atoms with Gasteiger partial charge in [0.15, 0.2) is 0 Å². The van der Waals surface area contributed by atoms with E-state index in [0.29, 0.717) is 0 Å². The van der Waals surface area contributed by atoms with Crippen molar-refractivity contribution in [2.24, 2.45) is 5.41 Å². The zero-order chi connectivity index (χ0) is 12.0. The van der Waals surface area contributed by atoms with Crippen LogP contribution in [0.2, 0.25) is 0 Å². The molecule has 1 aromatic heterocycles. The number of nitrogens with zero attached hydrogens (tertiary/aromatic N) is 1. The van der Waals surface area contributed by atoms with Crippen molar-refractivity contribution < 1.29 is 4.74 Å². The summed E-state index contributed by atoms with van der Waals surface area (Å²) >= 11 is 0. The summed E-state index contributed by atoms with van der Waals surface area (Å²) in [5, 5.41) is 6.94. The van der Waals surface area contributed by atoms with Crippen LogP contribution in [0.4, 0.5) is 5.69 Å². The van der Waals surface area contributed by atoms with E-state index in [-0.39, 0.29) is 5.41 Å². The second-order valence-corrected chi connectivity index (χ2v) is 4.80. The van der Waals surface area contributed by atoms with Gasteiger partial charge in [-0.2, -0.15) is 0 Å². The Morgan fingerprint density at radius 3 is 2.94 bits per heavy atom. The zero-order valence-corrected chi connectivity index (χ0v) is 10.4. The molecule has 1 aliphatic rings. The van der Waals surface area contributed by atoms with E-state index in [0.717, 1.165) is 31.9 Å². The number of rotatable bonds is 5. The van der Waals surface area contributed by atoms with Crippen LogP contribution >= 0.6 is 0 Å². The summed E-state index contributed by atoms with van der Waals surface area (Å²) in [4.78, 5) is 4.02. The zero-order valence-electron chi connectivity index (χ0n) is 10.4. The number of piperidine rings is 1. The number of nitrogens with one attached hydrogen (secondary N) is 2. The Morgan fingerprint density at radius 1 is 1.47 bits per heavy atom. The van der Waals surface area contributed by atoms with Gasteiger partial charge in [-0.25, -0.2) is 0 Å². The normalized spacial score (nSPS) is 24.5. The summed E-state index contributed by atoms with van der Waals surface area (Å²) in [7, 11) is 1.78. The summed E-state index contributed by atoms with van der Waals surface area (Å²) < 4.78 is 5.38. The number of aromatic nitrogens is 1. The summed E-state index contributed by atoms with van der Waals surface area (Å²) in [6.07, 6.45) is 6.06. The van der Waals surface area contributed by atoms with Gasteiger partial charge in [-0.15, -0.1) is 0 Å². The van der Waals surface area contributed by atoms with Gasteiger partial charge in [0.2, 0.25) is 0 Å².